The average Bonchev–Trinajstić information content (AvgIpc) is 3.49. The Hall–Kier alpha value is -1.49. The molecule has 0 radical (unpaired) electrons. The van der Waals surface area contributed by atoms with Crippen LogP contribution in [0.3, 0.4) is 0 Å². The lowest BCUT2D eigenvalue weighted by Gasteiger charge is -2.29. The van der Waals surface area contributed by atoms with E-state index in [1.54, 1.807) is 0 Å². The standard InChI is InChI=1S/C21H27F2NO2/c1-24-7-4-13(5-8-24)17-10-15(17)6-9-26-16-11-18(22)20(19(23)12-16)21(25)14-2-3-14/h11-15,17H,2-10H2,1H3. The molecule has 1 heterocycles. The minimum absolute atomic E-state index is 0.184. The maximum Gasteiger partial charge on any atom is 0.171 e. The number of nitrogens with zero attached hydrogens (tertiary/aromatic N) is 1. The van der Waals surface area contributed by atoms with E-state index in [0.717, 1.165) is 43.2 Å². The molecule has 5 heteroatoms. The second-order valence-electron chi connectivity index (χ2n) is 8.34. The van der Waals surface area contributed by atoms with Gasteiger partial charge in [-0.15, -0.1) is 0 Å². The Bertz CT molecular complexity index is 658. The van der Waals surface area contributed by atoms with Crippen LogP contribution in [0.4, 0.5) is 8.78 Å². The summed E-state index contributed by atoms with van der Waals surface area (Å²) in [5.41, 5.74) is -0.399. The van der Waals surface area contributed by atoms with Crippen LogP contribution in [-0.4, -0.2) is 37.4 Å². The van der Waals surface area contributed by atoms with Crippen LogP contribution in [0, 0.1) is 35.3 Å². The van der Waals surface area contributed by atoms with Crippen molar-refractivity contribution in [3.63, 3.8) is 0 Å². The maximum absolute atomic E-state index is 14.1. The molecule has 0 amide bonds. The van der Waals surface area contributed by atoms with Gasteiger partial charge >= 0.3 is 0 Å². The highest BCUT2D eigenvalue weighted by Crippen LogP contribution is 2.49. The van der Waals surface area contributed by atoms with Gasteiger partial charge in [0.25, 0.3) is 0 Å². The van der Waals surface area contributed by atoms with Crippen molar-refractivity contribution in [1.82, 2.24) is 4.90 Å². The first-order valence-electron chi connectivity index (χ1n) is 9.87. The van der Waals surface area contributed by atoms with Gasteiger partial charge in [0.1, 0.15) is 17.4 Å². The van der Waals surface area contributed by atoms with Crippen molar-refractivity contribution < 1.29 is 18.3 Å². The molecule has 0 N–H and O–H groups in total. The molecule has 2 atom stereocenters. The van der Waals surface area contributed by atoms with E-state index in [-0.39, 0.29) is 11.7 Å². The van der Waals surface area contributed by atoms with Crippen molar-refractivity contribution in [3.05, 3.63) is 29.3 Å². The number of ketones is 1. The van der Waals surface area contributed by atoms with Gasteiger partial charge in [-0.25, -0.2) is 8.78 Å². The van der Waals surface area contributed by atoms with Crippen LogP contribution in [0.15, 0.2) is 12.1 Å². The predicted molar refractivity (Wildman–Crippen MR) is 95.3 cm³/mol. The zero-order valence-electron chi connectivity index (χ0n) is 15.3. The van der Waals surface area contributed by atoms with Crippen LogP contribution in [0.25, 0.3) is 0 Å². The minimum atomic E-state index is -0.799. The fraction of sp³-hybridized carbons (Fsp3) is 0.667. The molecule has 3 aliphatic rings. The molecule has 3 fully saturated rings. The largest absolute Gasteiger partial charge is 0.493 e. The molecule has 1 aliphatic heterocycles. The molecule has 0 bridgehead atoms. The predicted octanol–water partition coefficient (Wildman–Crippen LogP) is 4.30. The average molecular weight is 363 g/mol. The number of rotatable bonds is 7. The highest BCUT2D eigenvalue weighted by Gasteiger charge is 2.42. The third-order valence-electron chi connectivity index (χ3n) is 6.31. The lowest BCUT2D eigenvalue weighted by Crippen LogP contribution is -2.31. The number of Topliss-reactive ketones (excluding diaryl/α,β-unsaturated/α-hetero) is 1. The molecule has 3 nitrogen and oxygen atoms in total. The lowest BCUT2D eigenvalue weighted by atomic mass is 9.91. The Labute approximate surface area is 153 Å². The number of hydrogen-bond acceptors (Lipinski definition) is 3. The molecule has 2 saturated carbocycles. The van der Waals surface area contributed by atoms with Gasteiger partial charge in [-0.05, 0) is 76.4 Å². The lowest BCUT2D eigenvalue weighted by molar-refractivity contribution is 0.0959. The first-order valence-corrected chi connectivity index (χ1v) is 9.87. The summed E-state index contributed by atoms with van der Waals surface area (Å²) >= 11 is 0. The molecule has 2 aliphatic carbocycles. The Morgan fingerprint density at radius 2 is 1.81 bits per heavy atom. The molecule has 1 aromatic carbocycles. The van der Waals surface area contributed by atoms with Crippen molar-refractivity contribution in [2.24, 2.45) is 23.7 Å². The van der Waals surface area contributed by atoms with Crippen LogP contribution >= 0.6 is 0 Å². The molecule has 142 valence electrons. The molecule has 4 rings (SSSR count). The van der Waals surface area contributed by atoms with Crippen molar-refractivity contribution in [1.29, 1.82) is 0 Å². The number of piperidine rings is 1. The van der Waals surface area contributed by atoms with E-state index >= 15 is 0 Å². The van der Waals surface area contributed by atoms with E-state index in [2.05, 4.69) is 11.9 Å². The maximum atomic E-state index is 14.1. The Balaban J connectivity index is 1.26. The highest BCUT2D eigenvalue weighted by atomic mass is 19.1. The van der Waals surface area contributed by atoms with E-state index in [1.807, 2.05) is 0 Å². The zero-order valence-corrected chi connectivity index (χ0v) is 15.3. The van der Waals surface area contributed by atoms with E-state index in [9.17, 15) is 13.6 Å². The van der Waals surface area contributed by atoms with Crippen LogP contribution in [0.5, 0.6) is 5.75 Å². The summed E-state index contributed by atoms with van der Waals surface area (Å²) in [5, 5.41) is 0. The smallest absolute Gasteiger partial charge is 0.171 e. The summed E-state index contributed by atoms with van der Waals surface area (Å²) < 4.78 is 33.9. The van der Waals surface area contributed by atoms with Gasteiger partial charge in [-0.2, -0.15) is 0 Å². The molecular formula is C21H27F2NO2. The van der Waals surface area contributed by atoms with Gasteiger partial charge in [-0.3, -0.25) is 4.79 Å². The summed E-state index contributed by atoms with van der Waals surface area (Å²) in [6.45, 7) is 2.85. The summed E-state index contributed by atoms with van der Waals surface area (Å²) in [5.74, 6) is 0.304. The van der Waals surface area contributed by atoms with Crippen molar-refractivity contribution in [2.45, 2.75) is 38.5 Å². The number of carbonyl (C=O) groups excluding carboxylic acids is 1. The minimum Gasteiger partial charge on any atom is -0.493 e. The number of hydrogen-bond donors (Lipinski definition) is 0. The van der Waals surface area contributed by atoms with Crippen LogP contribution in [0.2, 0.25) is 0 Å². The second kappa shape index (κ2) is 7.26. The second-order valence-corrected chi connectivity index (χ2v) is 8.34. The fourth-order valence-electron chi connectivity index (χ4n) is 4.38. The van der Waals surface area contributed by atoms with Gasteiger partial charge in [0.05, 0.1) is 12.2 Å². The third kappa shape index (κ3) is 3.93. The summed E-state index contributed by atoms with van der Waals surface area (Å²) in [6, 6.07) is 2.31. The van der Waals surface area contributed by atoms with E-state index in [4.69, 9.17) is 4.74 Å². The number of halogens is 2. The molecule has 2 unspecified atom stereocenters. The zero-order chi connectivity index (χ0) is 18.3. The fourth-order valence-corrected chi connectivity index (χ4v) is 4.38. The number of likely N-dealkylation sites (tertiary alicyclic amines) is 1. The van der Waals surface area contributed by atoms with Crippen LogP contribution in [0.1, 0.15) is 48.9 Å². The van der Waals surface area contributed by atoms with Gasteiger partial charge in [-0.1, -0.05) is 0 Å². The van der Waals surface area contributed by atoms with Crippen molar-refractivity contribution >= 4 is 5.78 Å². The normalized spacial score (nSPS) is 26.7. The summed E-state index contributed by atoms with van der Waals surface area (Å²) in [7, 11) is 2.18. The summed E-state index contributed by atoms with van der Waals surface area (Å²) in [6.07, 6.45) is 6.22. The molecule has 0 aromatic heterocycles. The summed E-state index contributed by atoms with van der Waals surface area (Å²) in [4.78, 5) is 14.3. The van der Waals surface area contributed by atoms with Crippen molar-refractivity contribution in [3.8, 4) is 5.75 Å². The number of ether oxygens (including phenoxy) is 1. The number of benzene rings is 1. The van der Waals surface area contributed by atoms with Crippen LogP contribution < -0.4 is 4.74 Å². The molecule has 1 saturated heterocycles. The first kappa shape index (κ1) is 17.9. The van der Waals surface area contributed by atoms with E-state index in [1.165, 1.54) is 32.4 Å². The molecule has 26 heavy (non-hydrogen) atoms. The molecule has 1 aromatic rings. The quantitative estimate of drug-likeness (QED) is 0.676. The van der Waals surface area contributed by atoms with Crippen molar-refractivity contribution in [2.75, 3.05) is 26.7 Å². The third-order valence-corrected chi connectivity index (χ3v) is 6.31. The monoisotopic (exact) mass is 363 g/mol. The Morgan fingerprint density at radius 3 is 2.42 bits per heavy atom. The SMILES string of the molecule is CN1CCC(C2CC2CCOc2cc(F)c(C(=O)C3CC3)c(F)c2)CC1. The van der Waals surface area contributed by atoms with Gasteiger partial charge in [0.2, 0.25) is 0 Å². The van der Waals surface area contributed by atoms with Gasteiger partial charge in [0, 0.05) is 18.1 Å². The highest BCUT2D eigenvalue weighted by molar-refractivity contribution is 5.99. The Kier molecular flexibility index (Phi) is 5.00. The molecule has 0 spiro atoms. The number of carbonyl (C=O) groups is 1. The first-order chi connectivity index (χ1) is 12.5. The van der Waals surface area contributed by atoms with Crippen LogP contribution in [-0.2, 0) is 0 Å². The Morgan fingerprint density at radius 1 is 1.15 bits per heavy atom. The van der Waals surface area contributed by atoms with E-state index < -0.39 is 23.0 Å². The van der Waals surface area contributed by atoms with Gasteiger partial charge < -0.3 is 9.64 Å². The molecular weight excluding hydrogens is 336 g/mol. The topological polar surface area (TPSA) is 29.5 Å². The van der Waals surface area contributed by atoms with E-state index in [0.29, 0.717) is 12.5 Å². The van der Waals surface area contributed by atoms with Gasteiger partial charge in [0.15, 0.2) is 5.78 Å².